The van der Waals surface area contributed by atoms with E-state index in [1.54, 1.807) is 0 Å². The molecule has 11 unspecified atom stereocenters. The molecule has 3 aromatic rings. The molecule has 1 heterocycles. The third kappa shape index (κ3) is 19.0. The Morgan fingerprint density at radius 3 is 1.55 bits per heavy atom. The number of fused-ring (bicyclic) bond motifs is 6. The molecule has 0 radical (unpaired) electrons. The molecule has 0 spiro atoms. The van der Waals surface area contributed by atoms with E-state index in [0.29, 0.717) is 89.1 Å². The second kappa shape index (κ2) is 29.1. The van der Waals surface area contributed by atoms with Crippen molar-refractivity contribution in [3.63, 3.8) is 0 Å². The first kappa shape index (κ1) is 66.5. The highest BCUT2D eigenvalue weighted by atomic mass is 19.3. The van der Waals surface area contributed by atoms with Crippen molar-refractivity contribution in [2.45, 2.75) is 218 Å². The average molecular weight is 1190 g/mol. The molecule has 0 aromatic heterocycles. The number of ether oxygens (including phenoxy) is 5. The van der Waals surface area contributed by atoms with E-state index in [1.165, 1.54) is 52.6 Å². The highest BCUT2D eigenvalue weighted by Crippen LogP contribution is 2.62. The van der Waals surface area contributed by atoms with Crippen LogP contribution < -0.4 is 0 Å². The first-order valence-corrected chi connectivity index (χ1v) is 30.6. The number of benzene rings is 3. The molecule has 7 fully saturated rings. The lowest BCUT2D eigenvalue weighted by atomic mass is 9.62. The highest BCUT2D eigenvalue weighted by Gasteiger charge is 2.56. The van der Waals surface area contributed by atoms with Gasteiger partial charge in [-0.1, -0.05) is 95.9 Å². The minimum atomic E-state index is -3.41. The van der Waals surface area contributed by atoms with Crippen molar-refractivity contribution >= 4 is 23.9 Å². The summed E-state index contributed by atoms with van der Waals surface area (Å²) in [5.74, 6) is -13.9. The standard InChI is InChI=1S/C22H28F2O2.C20H26F2O2.C16H20F2O2.C9H14F2O3/c1-13-3-5-14(6-4-13)7-15-8-18-16-10-17(19(11-16)20(18)9-15)12-26-21(25)22(2,23)24;1-13-9-11-14(12-10-13)15-5-3-7-17-16(15)6-4-8-18(17)24-19(23)20(2,21)22;1-11-3-5-12(6-4-11)13-7-9-14(10-8-13)20-15(19)16(2,17)18;1-9(10,11)8(12)14-6-7-4-2-3-5-13-7/h3-6,15-20H,7-12H2,1-2H3;9-12,15-18H,3-8H2,1-2H3;3-6,13-14H,7-10H2,1-2H3;7H,2-6H2,1H3. The van der Waals surface area contributed by atoms with Gasteiger partial charge in [0.25, 0.3) is 0 Å². The van der Waals surface area contributed by atoms with Crippen molar-refractivity contribution in [1.29, 1.82) is 0 Å². The summed E-state index contributed by atoms with van der Waals surface area (Å²) in [6, 6.07) is 25.9. The van der Waals surface area contributed by atoms with Gasteiger partial charge in [0, 0.05) is 34.3 Å². The van der Waals surface area contributed by atoms with Crippen LogP contribution in [0.25, 0.3) is 0 Å². The van der Waals surface area contributed by atoms with Crippen LogP contribution in [-0.4, -0.2) is 85.7 Å². The van der Waals surface area contributed by atoms with Crippen molar-refractivity contribution in [3.05, 3.63) is 106 Å². The molecule has 1 aliphatic heterocycles. The van der Waals surface area contributed by atoms with Crippen LogP contribution in [0.2, 0.25) is 0 Å². The molecule has 7 aliphatic rings. The first-order chi connectivity index (χ1) is 39.5. The summed E-state index contributed by atoms with van der Waals surface area (Å²) in [4.78, 5) is 44.8. The number of halogens is 8. The van der Waals surface area contributed by atoms with Crippen molar-refractivity contribution in [3.8, 4) is 0 Å². The normalized spacial score (nSPS) is 29.2. The minimum Gasteiger partial charge on any atom is -0.461 e. The SMILES string of the molecule is CC(F)(F)C(=O)OCC1CCCCO1.Cc1ccc(C2CCC(OC(=O)C(C)(F)F)CC2)cc1.Cc1ccc(C2CCCC3C(OC(=O)C(C)(F)F)CCCC23)cc1.Cc1ccc(CC2CC3C4CC(COC(=O)C(C)(F)F)C(C4)C3C2)cc1. The Morgan fingerprint density at radius 1 is 0.476 bits per heavy atom. The molecule has 466 valence electrons. The first-order valence-electron chi connectivity index (χ1n) is 30.6. The highest BCUT2D eigenvalue weighted by molar-refractivity contribution is 5.78. The van der Waals surface area contributed by atoms with E-state index in [-0.39, 0.29) is 43.4 Å². The van der Waals surface area contributed by atoms with Crippen LogP contribution in [-0.2, 0) is 49.3 Å². The van der Waals surface area contributed by atoms with E-state index < -0.39 is 47.6 Å². The third-order valence-corrected chi connectivity index (χ3v) is 18.8. The summed E-state index contributed by atoms with van der Waals surface area (Å²) in [7, 11) is 0. The lowest BCUT2D eigenvalue weighted by molar-refractivity contribution is -0.182. The van der Waals surface area contributed by atoms with Crippen molar-refractivity contribution in [2.24, 2.45) is 47.3 Å². The molecule has 0 N–H and O–H groups in total. The Kier molecular flexibility index (Phi) is 23.0. The van der Waals surface area contributed by atoms with Crippen molar-refractivity contribution in [1.82, 2.24) is 0 Å². The average Bonchev–Trinajstić information content (AvgIpc) is 3.18. The lowest BCUT2D eigenvalue weighted by Gasteiger charge is -2.45. The van der Waals surface area contributed by atoms with Gasteiger partial charge in [0.1, 0.15) is 18.8 Å². The van der Waals surface area contributed by atoms with E-state index in [1.807, 2.05) is 6.92 Å². The zero-order chi connectivity index (χ0) is 61.1. The fourth-order valence-corrected chi connectivity index (χ4v) is 14.5. The molecule has 2 bridgehead atoms. The van der Waals surface area contributed by atoms with Gasteiger partial charge in [-0.3, -0.25) is 0 Å². The van der Waals surface area contributed by atoms with Gasteiger partial charge in [-0.05, 0) is 206 Å². The van der Waals surface area contributed by atoms with Crippen LogP contribution in [0.15, 0.2) is 72.8 Å². The number of carbonyl (C=O) groups is 4. The maximum Gasteiger partial charge on any atom is 0.376 e. The fraction of sp³-hybridized carbons (Fsp3) is 0.672. The minimum absolute atomic E-state index is 0.0672. The van der Waals surface area contributed by atoms with Gasteiger partial charge >= 0.3 is 47.6 Å². The summed E-state index contributed by atoms with van der Waals surface area (Å²) >= 11 is 0. The predicted octanol–water partition coefficient (Wildman–Crippen LogP) is 16.3. The number of aryl methyl sites for hydroxylation is 3. The van der Waals surface area contributed by atoms with E-state index in [2.05, 4.69) is 91.4 Å². The second-order valence-corrected chi connectivity index (χ2v) is 25.7. The Balaban J connectivity index is 0.000000164. The van der Waals surface area contributed by atoms with Crippen LogP contribution in [0, 0.1) is 68.1 Å². The number of carbonyl (C=O) groups excluding carboxylic acids is 4. The van der Waals surface area contributed by atoms with Crippen LogP contribution in [0.5, 0.6) is 0 Å². The number of alkyl halides is 8. The zero-order valence-electron chi connectivity index (χ0n) is 50.0. The molecular weight excluding hydrogens is 1100 g/mol. The Morgan fingerprint density at radius 2 is 0.988 bits per heavy atom. The third-order valence-electron chi connectivity index (χ3n) is 18.8. The van der Waals surface area contributed by atoms with Crippen molar-refractivity contribution in [2.75, 3.05) is 19.8 Å². The molecule has 84 heavy (non-hydrogen) atoms. The van der Waals surface area contributed by atoms with E-state index >= 15 is 0 Å². The van der Waals surface area contributed by atoms with Crippen LogP contribution >= 0.6 is 0 Å². The maximum absolute atomic E-state index is 13.2. The Hall–Kier alpha value is -5.06. The quantitative estimate of drug-likeness (QED) is 0.0884. The van der Waals surface area contributed by atoms with Crippen LogP contribution in [0.3, 0.4) is 0 Å². The maximum atomic E-state index is 13.2. The molecule has 6 aliphatic carbocycles. The molecule has 11 atom stereocenters. The fourth-order valence-electron chi connectivity index (χ4n) is 14.5. The largest absolute Gasteiger partial charge is 0.461 e. The molecular formula is C67H88F8O9. The summed E-state index contributed by atoms with van der Waals surface area (Å²) < 4.78 is 127. The number of rotatable bonds is 14. The van der Waals surface area contributed by atoms with Crippen LogP contribution in [0.1, 0.15) is 182 Å². The van der Waals surface area contributed by atoms with E-state index in [9.17, 15) is 54.3 Å². The monoisotopic (exact) mass is 1190 g/mol. The molecule has 9 nitrogen and oxygen atoms in total. The van der Waals surface area contributed by atoms with Gasteiger partial charge in [0.15, 0.2) is 0 Å². The number of hydrogen-bond acceptors (Lipinski definition) is 9. The molecule has 17 heteroatoms. The molecule has 1 saturated heterocycles. The molecule has 6 saturated carbocycles. The van der Waals surface area contributed by atoms with Gasteiger partial charge in [-0.15, -0.1) is 0 Å². The van der Waals surface area contributed by atoms with Crippen molar-refractivity contribution < 1.29 is 78.0 Å². The lowest BCUT2D eigenvalue weighted by Crippen LogP contribution is -2.43. The summed E-state index contributed by atoms with van der Waals surface area (Å²) in [5.41, 5.74) is 7.80. The van der Waals surface area contributed by atoms with Gasteiger partial charge in [0.05, 0.1) is 12.7 Å². The smallest absolute Gasteiger partial charge is 0.376 e. The van der Waals surface area contributed by atoms with Gasteiger partial charge in [0.2, 0.25) is 0 Å². The molecule has 10 rings (SSSR count). The number of esters is 4. The zero-order valence-corrected chi connectivity index (χ0v) is 50.0. The van der Waals surface area contributed by atoms with Gasteiger partial charge in [-0.25, -0.2) is 19.2 Å². The van der Waals surface area contributed by atoms with E-state index in [0.717, 1.165) is 88.9 Å². The van der Waals surface area contributed by atoms with Gasteiger partial charge < -0.3 is 23.7 Å². The van der Waals surface area contributed by atoms with E-state index in [4.69, 9.17) is 18.9 Å². The van der Waals surface area contributed by atoms with Crippen LogP contribution in [0.4, 0.5) is 35.1 Å². The Labute approximate surface area is 491 Å². The summed E-state index contributed by atoms with van der Waals surface area (Å²) in [6.45, 7) is 9.29. The number of hydrogen-bond donors (Lipinski definition) is 0. The van der Waals surface area contributed by atoms with Gasteiger partial charge in [-0.2, -0.15) is 35.1 Å². The Bertz CT molecular complexity index is 2580. The molecule has 3 aromatic carbocycles. The summed E-state index contributed by atoms with van der Waals surface area (Å²) in [6.07, 6.45) is 16.7. The summed E-state index contributed by atoms with van der Waals surface area (Å²) in [5, 5.41) is 0. The molecule has 0 amide bonds. The second-order valence-electron chi connectivity index (χ2n) is 25.7. The predicted molar refractivity (Wildman–Crippen MR) is 303 cm³/mol. The topological polar surface area (TPSA) is 114 Å².